The van der Waals surface area contributed by atoms with E-state index in [2.05, 4.69) is 0 Å². The Hall–Kier alpha value is -2.62. The van der Waals surface area contributed by atoms with Gasteiger partial charge in [0, 0.05) is 28.7 Å². The van der Waals surface area contributed by atoms with Crippen LogP contribution in [-0.4, -0.2) is 15.8 Å². The number of hydrogen-bond donors (Lipinski definition) is 2. The average Bonchev–Trinajstić information content (AvgIpc) is 2.91. The Labute approximate surface area is 158 Å². The third kappa shape index (κ3) is 2.22. The van der Waals surface area contributed by atoms with Crippen molar-refractivity contribution in [1.82, 2.24) is 0 Å². The molecule has 2 N–H and O–H groups in total. The van der Waals surface area contributed by atoms with Gasteiger partial charge in [-0.25, -0.2) is 0 Å². The first-order valence-corrected chi connectivity index (χ1v) is 9.34. The lowest BCUT2D eigenvalue weighted by molar-refractivity contribution is 0.00789. The standard InChI is InChI=1S/C24H22O3/c1-23(2)14-20(25)22-19(12-7-13-21(22)27-23)24(26)17-10-5-3-8-15(17)16-9-4-6-11-18(16)24/h3-13,20,25-26H,14H2,1-2H3. The monoisotopic (exact) mass is 358 g/mol. The van der Waals surface area contributed by atoms with E-state index in [-0.39, 0.29) is 0 Å². The molecule has 0 spiro atoms. The zero-order chi connectivity index (χ0) is 18.8. The van der Waals surface area contributed by atoms with E-state index in [4.69, 9.17) is 4.74 Å². The molecule has 0 aromatic heterocycles. The van der Waals surface area contributed by atoms with Crippen molar-refractivity contribution in [1.29, 1.82) is 0 Å². The third-order valence-corrected chi connectivity index (χ3v) is 5.78. The molecule has 0 saturated heterocycles. The molecule has 0 amide bonds. The fourth-order valence-electron chi connectivity index (χ4n) is 4.70. The van der Waals surface area contributed by atoms with Gasteiger partial charge in [-0.2, -0.15) is 0 Å². The van der Waals surface area contributed by atoms with Crippen molar-refractivity contribution >= 4 is 0 Å². The SMILES string of the molecule is CC1(C)CC(O)c2c(cccc2C2(O)c3ccccc3-c3ccccc32)O1. The second kappa shape index (κ2) is 5.44. The normalized spacial score (nSPS) is 21.0. The van der Waals surface area contributed by atoms with Gasteiger partial charge in [0.2, 0.25) is 0 Å². The van der Waals surface area contributed by atoms with E-state index in [1.807, 2.05) is 80.6 Å². The van der Waals surface area contributed by atoms with Crippen molar-refractivity contribution in [3.63, 3.8) is 0 Å². The highest BCUT2D eigenvalue weighted by molar-refractivity contribution is 5.82. The fraction of sp³-hybridized carbons (Fsp3) is 0.250. The highest BCUT2D eigenvalue weighted by Gasteiger charge is 2.46. The summed E-state index contributed by atoms with van der Waals surface area (Å²) in [6, 6.07) is 21.6. The Morgan fingerprint density at radius 1 is 0.815 bits per heavy atom. The molecule has 1 unspecified atom stereocenters. The first-order valence-electron chi connectivity index (χ1n) is 9.34. The molecule has 136 valence electrons. The van der Waals surface area contributed by atoms with Crippen molar-refractivity contribution in [2.24, 2.45) is 0 Å². The molecule has 3 nitrogen and oxygen atoms in total. The van der Waals surface area contributed by atoms with Gasteiger partial charge in [0.25, 0.3) is 0 Å². The smallest absolute Gasteiger partial charge is 0.142 e. The highest BCUT2D eigenvalue weighted by atomic mass is 16.5. The number of fused-ring (bicyclic) bond motifs is 4. The summed E-state index contributed by atoms with van der Waals surface area (Å²) in [5, 5.41) is 23.1. The Kier molecular flexibility index (Phi) is 3.34. The van der Waals surface area contributed by atoms with E-state index >= 15 is 0 Å². The van der Waals surface area contributed by atoms with Crippen molar-refractivity contribution in [2.75, 3.05) is 0 Å². The average molecular weight is 358 g/mol. The van der Waals surface area contributed by atoms with Gasteiger partial charge in [-0.05, 0) is 31.0 Å². The molecule has 0 bridgehead atoms. The Bertz CT molecular complexity index is 1010. The molecule has 1 atom stereocenters. The number of rotatable bonds is 1. The van der Waals surface area contributed by atoms with Gasteiger partial charge in [0.1, 0.15) is 17.0 Å². The Morgan fingerprint density at radius 2 is 1.37 bits per heavy atom. The van der Waals surface area contributed by atoms with E-state index in [1.165, 1.54) is 0 Å². The van der Waals surface area contributed by atoms with E-state index in [1.54, 1.807) is 0 Å². The van der Waals surface area contributed by atoms with Gasteiger partial charge in [-0.3, -0.25) is 0 Å². The number of benzene rings is 3. The zero-order valence-corrected chi connectivity index (χ0v) is 15.4. The summed E-state index contributed by atoms with van der Waals surface area (Å²) in [4.78, 5) is 0. The quantitative estimate of drug-likeness (QED) is 0.671. The van der Waals surface area contributed by atoms with E-state index < -0.39 is 17.3 Å². The molecular formula is C24H22O3. The summed E-state index contributed by atoms with van der Waals surface area (Å²) in [7, 11) is 0. The Balaban J connectivity index is 1.82. The van der Waals surface area contributed by atoms with Gasteiger partial charge in [0.05, 0.1) is 6.10 Å². The van der Waals surface area contributed by atoms with Crippen LogP contribution in [0, 0.1) is 0 Å². The van der Waals surface area contributed by atoms with Crippen LogP contribution < -0.4 is 4.74 Å². The molecule has 0 fully saturated rings. The maximum Gasteiger partial charge on any atom is 0.142 e. The zero-order valence-electron chi connectivity index (χ0n) is 15.4. The van der Waals surface area contributed by atoms with Gasteiger partial charge < -0.3 is 14.9 Å². The predicted octanol–water partition coefficient (Wildman–Crippen LogP) is 4.55. The largest absolute Gasteiger partial charge is 0.487 e. The number of aliphatic hydroxyl groups is 2. The summed E-state index contributed by atoms with van der Waals surface area (Å²) in [5.74, 6) is 0.645. The lowest BCUT2D eigenvalue weighted by Gasteiger charge is -2.39. The van der Waals surface area contributed by atoms with Crippen LogP contribution in [0.15, 0.2) is 66.7 Å². The lowest BCUT2D eigenvalue weighted by Crippen LogP contribution is -2.37. The summed E-state index contributed by atoms with van der Waals surface area (Å²) >= 11 is 0. The number of aliphatic hydroxyl groups excluding tert-OH is 1. The lowest BCUT2D eigenvalue weighted by atomic mass is 9.78. The molecular weight excluding hydrogens is 336 g/mol. The molecule has 1 aliphatic carbocycles. The number of ether oxygens (including phenoxy) is 1. The van der Waals surface area contributed by atoms with Crippen molar-refractivity contribution in [3.05, 3.63) is 89.0 Å². The van der Waals surface area contributed by atoms with Crippen LogP contribution in [0.4, 0.5) is 0 Å². The van der Waals surface area contributed by atoms with E-state index in [0.717, 1.165) is 22.3 Å². The highest BCUT2D eigenvalue weighted by Crippen LogP contribution is 2.54. The van der Waals surface area contributed by atoms with Crippen LogP contribution in [0.5, 0.6) is 5.75 Å². The fourth-order valence-corrected chi connectivity index (χ4v) is 4.70. The van der Waals surface area contributed by atoms with Crippen molar-refractivity contribution < 1.29 is 14.9 Å². The van der Waals surface area contributed by atoms with E-state index in [9.17, 15) is 10.2 Å². The minimum atomic E-state index is -1.32. The summed E-state index contributed by atoms with van der Waals surface area (Å²) in [6.45, 7) is 3.95. The number of hydrogen-bond acceptors (Lipinski definition) is 3. The van der Waals surface area contributed by atoms with Crippen molar-refractivity contribution in [3.8, 4) is 16.9 Å². The summed E-state index contributed by atoms with van der Waals surface area (Å²) in [6.07, 6.45) is -0.208. The van der Waals surface area contributed by atoms with Crippen LogP contribution in [0.2, 0.25) is 0 Å². The molecule has 0 saturated carbocycles. The molecule has 5 rings (SSSR count). The van der Waals surface area contributed by atoms with Crippen LogP contribution >= 0.6 is 0 Å². The van der Waals surface area contributed by atoms with Gasteiger partial charge in [-0.1, -0.05) is 60.7 Å². The minimum Gasteiger partial charge on any atom is -0.487 e. The molecule has 0 radical (unpaired) electrons. The van der Waals surface area contributed by atoms with Gasteiger partial charge in [0.15, 0.2) is 0 Å². The second-order valence-electron chi connectivity index (χ2n) is 8.10. The molecule has 27 heavy (non-hydrogen) atoms. The maximum atomic E-state index is 12.1. The Morgan fingerprint density at radius 3 is 2.00 bits per heavy atom. The van der Waals surface area contributed by atoms with E-state index in [0.29, 0.717) is 23.3 Å². The topological polar surface area (TPSA) is 49.7 Å². The predicted molar refractivity (Wildman–Crippen MR) is 105 cm³/mol. The molecule has 1 heterocycles. The maximum absolute atomic E-state index is 12.1. The molecule has 2 aliphatic rings. The van der Waals surface area contributed by atoms with Gasteiger partial charge >= 0.3 is 0 Å². The molecule has 1 aliphatic heterocycles. The molecule has 3 aromatic carbocycles. The first kappa shape index (κ1) is 16.5. The van der Waals surface area contributed by atoms with Gasteiger partial charge in [-0.15, -0.1) is 0 Å². The van der Waals surface area contributed by atoms with Crippen LogP contribution in [-0.2, 0) is 5.60 Å². The minimum absolute atomic E-state index is 0.445. The summed E-state index contributed by atoms with van der Waals surface area (Å²) < 4.78 is 6.14. The van der Waals surface area contributed by atoms with Crippen LogP contribution in [0.3, 0.4) is 0 Å². The third-order valence-electron chi connectivity index (χ3n) is 5.78. The molecule has 3 aromatic rings. The van der Waals surface area contributed by atoms with Crippen molar-refractivity contribution in [2.45, 2.75) is 37.6 Å². The van der Waals surface area contributed by atoms with Crippen LogP contribution in [0.25, 0.3) is 11.1 Å². The summed E-state index contributed by atoms with van der Waals surface area (Å²) in [5.41, 5.74) is 3.36. The second-order valence-corrected chi connectivity index (χ2v) is 8.10. The van der Waals surface area contributed by atoms with Crippen LogP contribution in [0.1, 0.15) is 48.6 Å². The molecule has 3 heteroatoms. The first-order chi connectivity index (χ1) is 12.9.